The molecule has 0 atom stereocenters. The zero-order valence-electron chi connectivity index (χ0n) is 10.9. The number of rotatable bonds is 4. The van der Waals surface area contributed by atoms with Gasteiger partial charge in [0.1, 0.15) is 0 Å². The maximum absolute atomic E-state index is 12.4. The van der Waals surface area contributed by atoms with Gasteiger partial charge in [-0.25, -0.2) is 13.2 Å². The van der Waals surface area contributed by atoms with Crippen LogP contribution in [0.2, 0.25) is 5.02 Å². The van der Waals surface area contributed by atoms with Crippen molar-refractivity contribution in [2.45, 2.75) is 5.75 Å². The molecule has 0 aromatic heterocycles. The molecular weight excluding hydrogens is 312 g/mol. The van der Waals surface area contributed by atoms with Crippen LogP contribution in [-0.4, -0.2) is 14.4 Å². The van der Waals surface area contributed by atoms with E-state index >= 15 is 0 Å². The molecule has 7 heteroatoms. The molecule has 0 bridgehead atoms. The van der Waals surface area contributed by atoms with Gasteiger partial charge in [0.2, 0.25) is 10.0 Å². The van der Waals surface area contributed by atoms with E-state index < -0.39 is 16.1 Å². The number of hydrogen-bond acceptors (Lipinski definition) is 3. The number of hydrogen-bond donors (Lipinski definition) is 1. The first kappa shape index (κ1) is 15.3. The molecule has 0 saturated heterocycles. The van der Waals surface area contributed by atoms with Crippen LogP contribution in [0.4, 0.5) is 10.5 Å². The first-order valence-electron chi connectivity index (χ1n) is 6.02. The fourth-order valence-electron chi connectivity index (χ4n) is 1.85. The van der Waals surface area contributed by atoms with E-state index in [2.05, 4.69) is 0 Å². The molecule has 0 aliphatic carbocycles. The van der Waals surface area contributed by atoms with Crippen LogP contribution in [0.25, 0.3) is 0 Å². The number of primary amides is 1. The molecule has 2 rings (SSSR count). The Morgan fingerprint density at radius 2 is 1.62 bits per heavy atom. The molecule has 0 spiro atoms. The van der Waals surface area contributed by atoms with E-state index in [1.807, 2.05) is 0 Å². The minimum Gasteiger partial charge on any atom is -0.350 e. The highest BCUT2D eigenvalue weighted by molar-refractivity contribution is 7.92. The van der Waals surface area contributed by atoms with E-state index in [1.165, 1.54) is 24.3 Å². The number of carbonyl (C=O) groups excluding carboxylic acids is 1. The van der Waals surface area contributed by atoms with Crippen LogP contribution in [0.3, 0.4) is 0 Å². The van der Waals surface area contributed by atoms with Crippen LogP contribution in [0, 0.1) is 0 Å². The van der Waals surface area contributed by atoms with Gasteiger partial charge in [-0.05, 0) is 29.8 Å². The molecule has 2 aromatic carbocycles. The lowest BCUT2D eigenvalue weighted by Crippen LogP contribution is -2.41. The Labute approximate surface area is 128 Å². The molecule has 21 heavy (non-hydrogen) atoms. The molecule has 0 radical (unpaired) electrons. The van der Waals surface area contributed by atoms with E-state index in [-0.39, 0.29) is 11.4 Å². The Bertz CT molecular complexity index is 731. The van der Waals surface area contributed by atoms with E-state index in [0.717, 1.165) is 0 Å². The van der Waals surface area contributed by atoms with Gasteiger partial charge in [-0.2, -0.15) is 4.31 Å². The lowest BCUT2D eigenvalue weighted by molar-refractivity contribution is 0.257. The predicted molar refractivity (Wildman–Crippen MR) is 82.6 cm³/mol. The van der Waals surface area contributed by atoms with E-state index in [0.29, 0.717) is 14.9 Å². The summed E-state index contributed by atoms with van der Waals surface area (Å²) in [7, 11) is -3.92. The van der Waals surface area contributed by atoms with Crippen molar-refractivity contribution in [2.75, 3.05) is 4.31 Å². The second kappa shape index (κ2) is 6.15. The van der Waals surface area contributed by atoms with Crippen LogP contribution >= 0.6 is 11.6 Å². The van der Waals surface area contributed by atoms with Crippen molar-refractivity contribution in [3.05, 3.63) is 65.2 Å². The van der Waals surface area contributed by atoms with Crippen molar-refractivity contribution in [1.82, 2.24) is 0 Å². The number of sulfonamides is 1. The highest BCUT2D eigenvalue weighted by Gasteiger charge is 2.27. The van der Waals surface area contributed by atoms with Crippen molar-refractivity contribution >= 4 is 33.3 Å². The number of amides is 2. The highest BCUT2D eigenvalue weighted by atomic mass is 35.5. The molecule has 0 aliphatic heterocycles. The van der Waals surface area contributed by atoms with Gasteiger partial charge in [-0.3, -0.25) is 0 Å². The normalized spacial score (nSPS) is 11.1. The summed E-state index contributed by atoms with van der Waals surface area (Å²) in [5, 5.41) is 0.434. The Kier molecular flexibility index (Phi) is 4.50. The third-order valence-electron chi connectivity index (χ3n) is 2.73. The fraction of sp³-hybridized carbons (Fsp3) is 0.0714. The molecule has 2 amide bonds. The maximum Gasteiger partial charge on any atom is 0.333 e. The standard InChI is InChI=1S/C14H13ClN2O3S/c15-12-6-8-13(9-7-12)17(14(16)18)21(19,20)10-11-4-2-1-3-5-11/h1-9H,10H2,(H2,16,18). The van der Waals surface area contributed by atoms with Crippen LogP contribution in [0.1, 0.15) is 5.56 Å². The summed E-state index contributed by atoms with van der Waals surface area (Å²) < 4.78 is 25.4. The molecule has 0 heterocycles. The molecule has 0 fully saturated rings. The van der Waals surface area contributed by atoms with Crippen LogP contribution in [0.5, 0.6) is 0 Å². The van der Waals surface area contributed by atoms with Gasteiger partial charge in [-0.1, -0.05) is 41.9 Å². The Morgan fingerprint density at radius 3 is 2.14 bits per heavy atom. The van der Waals surface area contributed by atoms with E-state index in [4.69, 9.17) is 17.3 Å². The number of nitrogens with zero attached hydrogens (tertiary/aromatic N) is 1. The second-order valence-electron chi connectivity index (χ2n) is 4.32. The summed E-state index contributed by atoms with van der Waals surface area (Å²) >= 11 is 5.76. The summed E-state index contributed by atoms with van der Waals surface area (Å²) in [5.74, 6) is -0.320. The lowest BCUT2D eigenvalue weighted by Gasteiger charge is -2.20. The molecule has 2 aromatic rings. The molecule has 0 unspecified atom stereocenters. The van der Waals surface area contributed by atoms with Crippen molar-refractivity contribution in [2.24, 2.45) is 5.73 Å². The number of urea groups is 1. The van der Waals surface area contributed by atoms with Crippen molar-refractivity contribution < 1.29 is 13.2 Å². The minimum atomic E-state index is -3.92. The zero-order chi connectivity index (χ0) is 15.5. The number of nitrogens with two attached hydrogens (primary N) is 1. The zero-order valence-corrected chi connectivity index (χ0v) is 12.5. The molecular formula is C14H13ClN2O3S. The Balaban J connectivity index is 2.37. The monoisotopic (exact) mass is 324 g/mol. The van der Waals surface area contributed by atoms with Gasteiger partial charge in [-0.15, -0.1) is 0 Å². The highest BCUT2D eigenvalue weighted by Crippen LogP contribution is 2.22. The minimum absolute atomic E-state index is 0.155. The number of halogens is 1. The number of anilines is 1. The number of carbonyl (C=O) groups is 1. The summed E-state index contributed by atoms with van der Waals surface area (Å²) in [5.41, 5.74) is 5.94. The molecule has 110 valence electrons. The van der Waals surface area contributed by atoms with Gasteiger partial charge in [0.15, 0.2) is 0 Å². The molecule has 5 nitrogen and oxygen atoms in total. The van der Waals surface area contributed by atoms with Gasteiger partial charge in [0, 0.05) is 5.02 Å². The first-order valence-corrected chi connectivity index (χ1v) is 8.01. The van der Waals surface area contributed by atoms with Crippen molar-refractivity contribution in [3.63, 3.8) is 0 Å². The Morgan fingerprint density at radius 1 is 1.05 bits per heavy atom. The average molecular weight is 325 g/mol. The third-order valence-corrected chi connectivity index (χ3v) is 4.63. The smallest absolute Gasteiger partial charge is 0.333 e. The quantitative estimate of drug-likeness (QED) is 0.939. The summed E-state index contributed by atoms with van der Waals surface area (Å²) in [6.07, 6.45) is 0. The Hall–Kier alpha value is -2.05. The van der Waals surface area contributed by atoms with Crippen LogP contribution in [0.15, 0.2) is 54.6 Å². The maximum atomic E-state index is 12.4. The van der Waals surface area contributed by atoms with Crippen molar-refractivity contribution in [3.8, 4) is 0 Å². The SMILES string of the molecule is NC(=O)N(c1ccc(Cl)cc1)S(=O)(=O)Cc1ccccc1. The molecule has 2 N–H and O–H groups in total. The van der Waals surface area contributed by atoms with E-state index in [9.17, 15) is 13.2 Å². The first-order chi connectivity index (χ1) is 9.90. The van der Waals surface area contributed by atoms with Gasteiger partial charge >= 0.3 is 6.03 Å². The third kappa shape index (κ3) is 3.74. The van der Waals surface area contributed by atoms with Gasteiger partial charge in [0.25, 0.3) is 0 Å². The van der Waals surface area contributed by atoms with Crippen LogP contribution < -0.4 is 10.0 Å². The predicted octanol–water partition coefficient (Wildman–Crippen LogP) is 2.76. The molecule has 0 aliphatic rings. The summed E-state index contributed by atoms with van der Waals surface area (Å²) in [6, 6.07) is 13.3. The van der Waals surface area contributed by atoms with Gasteiger partial charge in [0.05, 0.1) is 11.4 Å². The van der Waals surface area contributed by atoms with Crippen LogP contribution in [-0.2, 0) is 15.8 Å². The summed E-state index contributed by atoms with van der Waals surface area (Å²) in [6.45, 7) is 0. The second-order valence-corrected chi connectivity index (χ2v) is 6.57. The van der Waals surface area contributed by atoms with Gasteiger partial charge < -0.3 is 5.73 Å². The lowest BCUT2D eigenvalue weighted by atomic mass is 10.2. The van der Waals surface area contributed by atoms with E-state index in [1.54, 1.807) is 30.3 Å². The largest absolute Gasteiger partial charge is 0.350 e. The number of benzene rings is 2. The molecule has 0 saturated carbocycles. The fourth-order valence-corrected chi connectivity index (χ4v) is 3.44. The topological polar surface area (TPSA) is 80.5 Å². The van der Waals surface area contributed by atoms with Crippen molar-refractivity contribution in [1.29, 1.82) is 0 Å². The average Bonchev–Trinajstić information content (AvgIpc) is 2.41. The summed E-state index contributed by atoms with van der Waals surface area (Å²) in [4.78, 5) is 11.6.